The summed E-state index contributed by atoms with van der Waals surface area (Å²) in [5.74, 6) is 0.201. The number of aromatic nitrogens is 2. The number of amides is 2. The molecule has 1 aromatic rings. The SMILES string of the molecule is COCCNC(=O)c1nc(C(=O)N2CCCCCC2)n2c1CCCC2. The van der Waals surface area contributed by atoms with E-state index in [9.17, 15) is 9.59 Å². The molecular weight excluding hydrogens is 320 g/mol. The van der Waals surface area contributed by atoms with Crippen LogP contribution in [0.2, 0.25) is 0 Å². The Morgan fingerprint density at radius 1 is 1.08 bits per heavy atom. The molecule has 0 atom stereocenters. The van der Waals surface area contributed by atoms with E-state index in [4.69, 9.17) is 4.74 Å². The molecule has 0 bridgehead atoms. The summed E-state index contributed by atoms with van der Waals surface area (Å²) in [7, 11) is 1.60. The summed E-state index contributed by atoms with van der Waals surface area (Å²) >= 11 is 0. The van der Waals surface area contributed by atoms with Crippen LogP contribution in [-0.2, 0) is 17.7 Å². The van der Waals surface area contributed by atoms with Crippen LogP contribution in [0.15, 0.2) is 0 Å². The predicted molar refractivity (Wildman–Crippen MR) is 93.7 cm³/mol. The number of carbonyl (C=O) groups is 2. The summed E-state index contributed by atoms with van der Waals surface area (Å²) in [6.07, 6.45) is 7.30. The molecule has 0 saturated carbocycles. The van der Waals surface area contributed by atoms with E-state index in [2.05, 4.69) is 10.3 Å². The average Bonchev–Trinajstić information content (AvgIpc) is 2.81. The molecule has 3 heterocycles. The van der Waals surface area contributed by atoms with Crippen molar-refractivity contribution in [3.8, 4) is 0 Å². The second kappa shape index (κ2) is 8.47. The molecular formula is C18H28N4O3. The summed E-state index contributed by atoms with van der Waals surface area (Å²) < 4.78 is 6.95. The molecule has 1 fully saturated rings. The van der Waals surface area contributed by atoms with Crippen molar-refractivity contribution in [3.63, 3.8) is 0 Å². The molecule has 7 heteroatoms. The van der Waals surface area contributed by atoms with Gasteiger partial charge in [-0.3, -0.25) is 9.59 Å². The molecule has 1 aromatic heterocycles. The highest BCUT2D eigenvalue weighted by atomic mass is 16.5. The first-order chi connectivity index (χ1) is 12.2. The van der Waals surface area contributed by atoms with Crippen molar-refractivity contribution in [2.24, 2.45) is 0 Å². The number of nitrogens with zero attached hydrogens (tertiary/aromatic N) is 3. The molecule has 2 aliphatic heterocycles. The molecule has 0 radical (unpaired) electrons. The van der Waals surface area contributed by atoms with Crippen molar-refractivity contribution >= 4 is 11.8 Å². The lowest BCUT2D eigenvalue weighted by molar-refractivity contribution is 0.0743. The summed E-state index contributed by atoms with van der Waals surface area (Å²) in [5.41, 5.74) is 1.31. The van der Waals surface area contributed by atoms with Gasteiger partial charge in [-0.1, -0.05) is 12.8 Å². The van der Waals surface area contributed by atoms with Gasteiger partial charge in [0.25, 0.3) is 11.8 Å². The molecule has 1 saturated heterocycles. The van der Waals surface area contributed by atoms with Crippen LogP contribution in [0.25, 0.3) is 0 Å². The maximum Gasteiger partial charge on any atom is 0.289 e. The van der Waals surface area contributed by atoms with Gasteiger partial charge in [0.15, 0.2) is 5.82 Å². The lowest BCUT2D eigenvalue weighted by atomic mass is 10.1. The standard InChI is InChI=1S/C18H28N4O3/c1-25-13-9-19-17(23)15-14-8-4-7-12-22(14)16(20-15)18(24)21-10-5-2-3-6-11-21/h2-13H2,1H3,(H,19,23). The van der Waals surface area contributed by atoms with Gasteiger partial charge in [0.05, 0.1) is 12.3 Å². The molecule has 0 aromatic carbocycles. The van der Waals surface area contributed by atoms with E-state index >= 15 is 0 Å². The fourth-order valence-electron chi connectivity index (χ4n) is 3.65. The number of hydrogen-bond donors (Lipinski definition) is 1. The Morgan fingerprint density at radius 3 is 2.52 bits per heavy atom. The maximum atomic E-state index is 13.0. The van der Waals surface area contributed by atoms with Crippen molar-refractivity contribution in [2.45, 2.75) is 51.5 Å². The molecule has 138 valence electrons. The van der Waals surface area contributed by atoms with Gasteiger partial charge in [-0.25, -0.2) is 4.98 Å². The highest BCUT2D eigenvalue weighted by molar-refractivity contribution is 5.97. The van der Waals surface area contributed by atoms with Gasteiger partial charge in [-0.05, 0) is 32.1 Å². The third-order valence-electron chi connectivity index (χ3n) is 5.01. The van der Waals surface area contributed by atoms with Crippen molar-refractivity contribution < 1.29 is 14.3 Å². The Labute approximate surface area is 148 Å². The number of likely N-dealkylation sites (tertiary alicyclic amines) is 1. The Kier molecular flexibility index (Phi) is 6.07. The van der Waals surface area contributed by atoms with E-state index in [1.165, 1.54) is 12.8 Å². The molecule has 2 amide bonds. The van der Waals surface area contributed by atoms with Crippen LogP contribution in [0.1, 0.15) is 65.3 Å². The Balaban J connectivity index is 1.83. The van der Waals surface area contributed by atoms with Crippen molar-refractivity contribution in [1.82, 2.24) is 19.8 Å². The van der Waals surface area contributed by atoms with Crippen molar-refractivity contribution in [3.05, 3.63) is 17.2 Å². The zero-order valence-corrected chi connectivity index (χ0v) is 15.1. The summed E-state index contributed by atoms with van der Waals surface area (Å²) in [6.45, 7) is 3.24. The van der Waals surface area contributed by atoms with E-state index in [0.717, 1.165) is 57.4 Å². The normalized spacial score (nSPS) is 17.7. The number of ether oxygens (including phenoxy) is 1. The smallest absolute Gasteiger partial charge is 0.289 e. The minimum Gasteiger partial charge on any atom is -0.383 e. The van der Waals surface area contributed by atoms with E-state index in [0.29, 0.717) is 24.7 Å². The third-order valence-corrected chi connectivity index (χ3v) is 5.01. The fraction of sp³-hybridized carbons (Fsp3) is 0.722. The van der Waals surface area contributed by atoms with Gasteiger partial charge < -0.3 is 19.5 Å². The zero-order chi connectivity index (χ0) is 17.6. The fourth-order valence-corrected chi connectivity index (χ4v) is 3.65. The van der Waals surface area contributed by atoms with Crippen LogP contribution in [0.5, 0.6) is 0 Å². The highest BCUT2D eigenvalue weighted by Crippen LogP contribution is 2.23. The molecule has 25 heavy (non-hydrogen) atoms. The van der Waals surface area contributed by atoms with Crippen LogP contribution < -0.4 is 5.32 Å². The number of rotatable bonds is 5. The topological polar surface area (TPSA) is 76.5 Å². The Morgan fingerprint density at radius 2 is 1.80 bits per heavy atom. The highest BCUT2D eigenvalue weighted by Gasteiger charge is 2.29. The molecule has 3 rings (SSSR count). The maximum absolute atomic E-state index is 13.0. The summed E-state index contributed by atoms with van der Waals surface area (Å²) in [4.78, 5) is 31.9. The van der Waals surface area contributed by atoms with Gasteiger partial charge in [0, 0.05) is 33.3 Å². The quantitative estimate of drug-likeness (QED) is 0.820. The lowest BCUT2D eigenvalue weighted by Crippen LogP contribution is -2.34. The van der Waals surface area contributed by atoms with Gasteiger partial charge in [-0.15, -0.1) is 0 Å². The first-order valence-electron chi connectivity index (χ1n) is 9.38. The minimum absolute atomic E-state index is 0.0269. The number of imidazole rings is 1. The third kappa shape index (κ3) is 4.03. The largest absolute Gasteiger partial charge is 0.383 e. The van der Waals surface area contributed by atoms with Gasteiger partial charge in [0.1, 0.15) is 5.69 Å². The van der Waals surface area contributed by atoms with Gasteiger partial charge in [-0.2, -0.15) is 0 Å². The van der Waals surface area contributed by atoms with Gasteiger partial charge >= 0.3 is 0 Å². The summed E-state index contributed by atoms with van der Waals surface area (Å²) in [5, 5.41) is 2.83. The van der Waals surface area contributed by atoms with Crippen LogP contribution >= 0.6 is 0 Å². The molecule has 0 spiro atoms. The van der Waals surface area contributed by atoms with Crippen LogP contribution in [0, 0.1) is 0 Å². The monoisotopic (exact) mass is 348 g/mol. The Hall–Kier alpha value is -1.89. The van der Waals surface area contributed by atoms with Crippen LogP contribution in [0.3, 0.4) is 0 Å². The molecule has 7 nitrogen and oxygen atoms in total. The second-order valence-electron chi connectivity index (χ2n) is 6.79. The first-order valence-corrected chi connectivity index (χ1v) is 9.38. The van der Waals surface area contributed by atoms with Crippen molar-refractivity contribution in [1.29, 1.82) is 0 Å². The van der Waals surface area contributed by atoms with E-state index in [-0.39, 0.29) is 11.8 Å². The predicted octanol–water partition coefficient (Wildman–Crippen LogP) is 1.61. The number of hydrogen-bond acceptors (Lipinski definition) is 4. The molecule has 0 aliphatic carbocycles. The lowest BCUT2D eigenvalue weighted by Gasteiger charge is -2.22. The van der Waals surface area contributed by atoms with Crippen molar-refractivity contribution in [2.75, 3.05) is 33.4 Å². The molecule has 0 unspecified atom stereocenters. The minimum atomic E-state index is -0.211. The second-order valence-corrected chi connectivity index (χ2v) is 6.79. The number of fused-ring (bicyclic) bond motifs is 1. The van der Waals surface area contributed by atoms with Gasteiger partial charge in [0.2, 0.25) is 0 Å². The molecule has 1 N–H and O–H groups in total. The zero-order valence-electron chi connectivity index (χ0n) is 15.1. The Bertz CT molecular complexity index is 618. The first kappa shape index (κ1) is 17.9. The molecule has 2 aliphatic rings. The number of carbonyl (C=O) groups excluding carboxylic acids is 2. The number of nitrogens with one attached hydrogen (secondary N) is 1. The summed E-state index contributed by atoms with van der Waals surface area (Å²) in [6, 6.07) is 0. The number of methoxy groups -OCH3 is 1. The van der Waals surface area contributed by atoms with E-state index < -0.39 is 0 Å². The average molecular weight is 348 g/mol. The van der Waals surface area contributed by atoms with Crippen LogP contribution in [0.4, 0.5) is 0 Å². The van der Waals surface area contributed by atoms with E-state index in [1.54, 1.807) is 7.11 Å². The van der Waals surface area contributed by atoms with Crippen LogP contribution in [-0.4, -0.2) is 59.6 Å². The van der Waals surface area contributed by atoms with E-state index in [1.807, 2.05) is 9.47 Å².